The zero-order valence-electron chi connectivity index (χ0n) is 13.7. The Kier molecular flexibility index (Phi) is 6.85. The number of hydrogen-bond acceptors (Lipinski definition) is 4. The predicted octanol–water partition coefficient (Wildman–Crippen LogP) is 0.125. The molecule has 0 spiro atoms. The molecule has 0 radical (unpaired) electrons. The average molecular weight is 338 g/mol. The van der Waals surface area contributed by atoms with Crippen molar-refractivity contribution < 1.29 is 8.42 Å². The van der Waals surface area contributed by atoms with Crippen LogP contribution >= 0.6 is 0 Å². The van der Waals surface area contributed by atoms with Gasteiger partial charge in [0.2, 0.25) is 0 Å². The highest BCUT2D eigenvalue weighted by Gasteiger charge is 2.20. The van der Waals surface area contributed by atoms with Gasteiger partial charge in [0.25, 0.3) is 0 Å². The van der Waals surface area contributed by atoms with Crippen molar-refractivity contribution in [2.75, 3.05) is 51.3 Å². The number of hydrogen-bond donors (Lipinski definition) is 2. The molecule has 0 amide bonds. The first kappa shape index (κ1) is 17.7. The Morgan fingerprint density at radius 1 is 1.13 bits per heavy atom. The van der Waals surface area contributed by atoms with Gasteiger partial charge in [-0.15, -0.1) is 0 Å². The van der Waals surface area contributed by atoms with Gasteiger partial charge < -0.3 is 10.6 Å². The maximum Gasteiger partial charge on any atom is 0.191 e. The summed E-state index contributed by atoms with van der Waals surface area (Å²) in [6.07, 6.45) is 0.950. The Morgan fingerprint density at radius 2 is 1.78 bits per heavy atom. The van der Waals surface area contributed by atoms with E-state index in [1.165, 1.54) is 5.56 Å². The first-order valence-electron chi connectivity index (χ1n) is 8.00. The van der Waals surface area contributed by atoms with Crippen molar-refractivity contribution in [2.24, 2.45) is 4.99 Å². The topological polar surface area (TPSA) is 73.8 Å². The van der Waals surface area contributed by atoms with Gasteiger partial charge in [0.05, 0.1) is 11.5 Å². The van der Waals surface area contributed by atoms with Crippen molar-refractivity contribution in [3.8, 4) is 0 Å². The third-order valence-electron chi connectivity index (χ3n) is 3.93. The lowest BCUT2D eigenvalue weighted by atomic mass is 10.1. The number of sulfone groups is 1. The van der Waals surface area contributed by atoms with Crippen molar-refractivity contribution in [1.29, 1.82) is 0 Å². The third kappa shape index (κ3) is 6.58. The monoisotopic (exact) mass is 338 g/mol. The maximum absolute atomic E-state index is 11.4. The SMILES string of the molecule is CN=C(NCCc1ccccc1)NCCN1CCS(=O)(=O)CC1. The molecule has 6 nitrogen and oxygen atoms in total. The fourth-order valence-electron chi connectivity index (χ4n) is 2.50. The molecule has 1 aromatic rings. The molecule has 1 aromatic carbocycles. The highest BCUT2D eigenvalue weighted by Crippen LogP contribution is 2.02. The van der Waals surface area contributed by atoms with E-state index < -0.39 is 9.84 Å². The van der Waals surface area contributed by atoms with E-state index in [0.29, 0.717) is 13.1 Å². The lowest BCUT2D eigenvalue weighted by molar-refractivity contribution is 0.299. The summed E-state index contributed by atoms with van der Waals surface area (Å²) in [6, 6.07) is 10.3. The highest BCUT2D eigenvalue weighted by atomic mass is 32.2. The Morgan fingerprint density at radius 3 is 2.43 bits per heavy atom. The van der Waals surface area contributed by atoms with Crippen molar-refractivity contribution in [3.63, 3.8) is 0 Å². The molecule has 1 aliphatic heterocycles. The lowest BCUT2D eigenvalue weighted by Gasteiger charge is -2.26. The Bertz CT molecular complexity index is 588. The summed E-state index contributed by atoms with van der Waals surface area (Å²) in [5.74, 6) is 1.33. The van der Waals surface area contributed by atoms with Crippen molar-refractivity contribution >= 4 is 15.8 Å². The lowest BCUT2D eigenvalue weighted by Crippen LogP contribution is -2.46. The van der Waals surface area contributed by atoms with Gasteiger partial charge in [-0.25, -0.2) is 8.42 Å². The normalized spacial score (nSPS) is 18.6. The summed E-state index contributed by atoms with van der Waals surface area (Å²) in [4.78, 5) is 6.38. The minimum absolute atomic E-state index is 0.275. The van der Waals surface area contributed by atoms with E-state index in [9.17, 15) is 8.42 Å². The molecule has 1 fully saturated rings. The fourth-order valence-corrected chi connectivity index (χ4v) is 3.77. The zero-order valence-corrected chi connectivity index (χ0v) is 14.5. The van der Waals surface area contributed by atoms with E-state index in [0.717, 1.165) is 32.0 Å². The van der Waals surface area contributed by atoms with E-state index in [4.69, 9.17) is 0 Å². The summed E-state index contributed by atoms with van der Waals surface area (Å²) in [6.45, 7) is 3.67. The predicted molar refractivity (Wildman–Crippen MR) is 94.6 cm³/mol. The Labute approximate surface area is 138 Å². The van der Waals surface area contributed by atoms with Crippen LogP contribution in [0.1, 0.15) is 5.56 Å². The summed E-state index contributed by atoms with van der Waals surface area (Å²) in [7, 11) is -1.04. The molecule has 1 aliphatic rings. The molecule has 0 bridgehead atoms. The molecule has 1 saturated heterocycles. The van der Waals surface area contributed by atoms with E-state index in [1.54, 1.807) is 7.05 Å². The van der Waals surface area contributed by atoms with Gasteiger partial charge in [0.1, 0.15) is 0 Å². The number of rotatable bonds is 6. The fraction of sp³-hybridized carbons (Fsp3) is 0.562. The molecule has 2 N–H and O–H groups in total. The van der Waals surface area contributed by atoms with Crippen LogP contribution in [0.5, 0.6) is 0 Å². The minimum Gasteiger partial charge on any atom is -0.356 e. The van der Waals surface area contributed by atoms with Gasteiger partial charge in [-0.3, -0.25) is 9.89 Å². The molecule has 7 heteroatoms. The van der Waals surface area contributed by atoms with Crippen LogP contribution in [0, 0.1) is 0 Å². The van der Waals surface area contributed by atoms with Crippen LogP contribution in [-0.2, 0) is 16.3 Å². The van der Waals surface area contributed by atoms with Crippen LogP contribution in [0.15, 0.2) is 35.3 Å². The molecular formula is C16H26N4O2S. The largest absolute Gasteiger partial charge is 0.356 e. The van der Waals surface area contributed by atoms with Gasteiger partial charge in [0, 0.05) is 39.8 Å². The molecule has 0 saturated carbocycles. The standard InChI is InChI=1S/C16H26N4O2S/c1-17-16(18-8-7-15-5-3-2-4-6-15)19-9-10-20-11-13-23(21,22)14-12-20/h2-6H,7-14H2,1H3,(H2,17,18,19). The highest BCUT2D eigenvalue weighted by molar-refractivity contribution is 7.91. The van der Waals surface area contributed by atoms with Crippen LogP contribution in [-0.4, -0.2) is 70.6 Å². The first-order chi connectivity index (χ1) is 11.1. The maximum atomic E-state index is 11.4. The zero-order chi connectivity index (χ0) is 16.5. The third-order valence-corrected chi connectivity index (χ3v) is 5.54. The molecule has 1 heterocycles. The van der Waals surface area contributed by atoms with Crippen LogP contribution in [0.3, 0.4) is 0 Å². The summed E-state index contributed by atoms with van der Waals surface area (Å²) in [5.41, 5.74) is 1.30. The van der Waals surface area contributed by atoms with Crippen LogP contribution < -0.4 is 10.6 Å². The van der Waals surface area contributed by atoms with E-state index >= 15 is 0 Å². The second-order valence-electron chi connectivity index (χ2n) is 5.65. The van der Waals surface area contributed by atoms with Gasteiger partial charge >= 0.3 is 0 Å². The van der Waals surface area contributed by atoms with Crippen molar-refractivity contribution in [3.05, 3.63) is 35.9 Å². The molecule has 23 heavy (non-hydrogen) atoms. The van der Waals surface area contributed by atoms with Crippen molar-refractivity contribution in [2.45, 2.75) is 6.42 Å². The van der Waals surface area contributed by atoms with E-state index in [-0.39, 0.29) is 11.5 Å². The van der Waals surface area contributed by atoms with Gasteiger partial charge in [-0.05, 0) is 12.0 Å². The van der Waals surface area contributed by atoms with Crippen LogP contribution in [0.25, 0.3) is 0 Å². The summed E-state index contributed by atoms with van der Waals surface area (Å²) < 4.78 is 22.8. The molecule has 0 atom stereocenters. The molecule has 0 unspecified atom stereocenters. The molecular weight excluding hydrogens is 312 g/mol. The van der Waals surface area contributed by atoms with Crippen molar-refractivity contribution in [1.82, 2.24) is 15.5 Å². The summed E-state index contributed by atoms with van der Waals surface area (Å²) >= 11 is 0. The van der Waals surface area contributed by atoms with E-state index in [1.807, 2.05) is 18.2 Å². The Hall–Kier alpha value is -1.60. The van der Waals surface area contributed by atoms with E-state index in [2.05, 4.69) is 32.7 Å². The first-order valence-corrected chi connectivity index (χ1v) is 9.82. The number of nitrogens with one attached hydrogen (secondary N) is 2. The number of benzene rings is 1. The average Bonchev–Trinajstić information content (AvgIpc) is 2.56. The summed E-state index contributed by atoms with van der Waals surface area (Å²) in [5, 5.41) is 6.56. The minimum atomic E-state index is -2.80. The second kappa shape index (κ2) is 8.88. The van der Waals surface area contributed by atoms with Crippen LogP contribution in [0.4, 0.5) is 0 Å². The molecule has 128 valence electrons. The van der Waals surface area contributed by atoms with Gasteiger partial charge in [0.15, 0.2) is 15.8 Å². The number of nitrogens with zero attached hydrogens (tertiary/aromatic N) is 2. The molecule has 0 aliphatic carbocycles. The Balaban J connectivity index is 1.62. The molecule has 0 aromatic heterocycles. The second-order valence-corrected chi connectivity index (χ2v) is 7.96. The van der Waals surface area contributed by atoms with Gasteiger partial charge in [-0.1, -0.05) is 30.3 Å². The quantitative estimate of drug-likeness (QED) is 0.569. The number of guanidine groups is 1. The smallest absolute Gasteiger partial charge is 0.191 e. The molecule has 2 rings (SSSR count). The number of aliphatic imine (C=N–C) groups is 1. The van der Waals surface area contributed by atoms with Crippen LogP contribution in [0.2, 0.25) is 0 Å². The van der Waals surface area contributed by atoms with Gasteiger partial charge in [-0.2, -0.15) is 0 Å².